The van der Waals surface area contributed by atoms with Crippen molar-refractivity contribution in [3.63, 3.8) is 0 Å². The van der Waals surface area contributed by atoms with Crippen molar-refractivity contribution in [1.29, 1.82) is 0 Å². The number of carbonyl (C=O) groups is 1. The smallest absolute Gasteiger partial charge is 0.347 e. The molecule has 0 radical (unpaired) electrons. The number of aromatic carboxylic acids is 1. The number of aromatic nitrogens is 1. The fourth-order valence-corrected chi connectivity index (χ4v) is 2.50. The summed E-state index contributed by atoms with van der Waals surface area (Å²) in [5.74, 6) is -0.215. The van der Waals surface area contributed by atoms with Gasteiger partial charge in [0.2, 0.25) is 0 Å². The SMILES string of the molecule is CCc1cccc(OCc2nc(C)sc2C(=O)O)c1. The second kappa shape index (κ2) is 5.84. The van der Waals surface area contributed by atoms with Gasteiger partial charge >= 0.3 is 5.97 Å². The molecule has 5 heteroatoms. The van der Waals surface area contributed by atoms with Crippen LogP contribution in [-0.2, 0) is 13.0 Å². The second-order valence-electron chi connectivity index (χ2n) is 4.10. The van der Waals surface area contributed by atoms with Crippen LogP contribution in [0.15, 0.2) is 24.3 Å². The van der Waals surface area contributed by atoms with Gasteiger partial charge in [0, 0.05) is 0 Å². The van der Waals surface area contributed by atoms with Crippen LogP contribution in [-0.4, -0.2) is 16.1 Å². The molecule has 0 aliphatic rings. The molecule has 1 aromatic heterocycles. The van der Waals surface area contributed by atoms with Gasteiger partial charge in [-0.25, -0.2) is 9.78 Å². The number of nitrogens with zero attached hydrogens (tertiary/aromatic N) is 1. The molecule has 1 aromatic carbocycles. The van der Waals surface area contributed by atoms with Crippen molar-refractivity contribution in [2.24, 2.45) is 0 Å². The molecule has 0 atom stereocenters. The maximum Gasteiger partial charge on any atom is 0.347 e. The number of hydrogen-bond acceptors (Lipinski definition) is 4. The first-order valence-electron chi connectivity index (χ1n) is 6.01. The molecule has 0 spiro atoms. The van der Waals surface area contributed by atoms with Crippen molar-refractivity contribution >= 4 is 17.3 Å². The summed E-state index contributed by atoms with van der Waals surface area (Å²) in [6, 6.07) is 7.78. The Hall–Kier alpha value is -1.88. The van der Waals surface area contributed by atoms with Crippen LogP contribution in [0.1, 0.15) is 32.9 Å². The normalized spacial score (nSPS) is 10.4. The summed E-state index contributed by atoms with van der Waals surface area (Å²) in [6.45, 7) is 4.04. The summed E-state index contributed by atoms with van der Waals surface area (Å²) < 4.78 is 5.62. The van der Waals surface area contributed by atoms with Crippen LogP contribution in [0.25, 0.3) is 0 Å². The van der Waals surface area contributed by atoms with Crippen molar-refractivity contribution in [3.8, 4) is 5.75 Å². The summed E-state index contributed by atoms with van der Waals surface area (Å²) in [7, 11) is 0. The lowest BCUT2D eigenvalue weighted by Crippen LogP contribution is -2.03. The Morgan fingerprint density at radius 2 is 2.26 bits per heavy atom. The van der Waals surface area contributed by atoms with Crippen LogP contribution in [0.4, 0.5) is 0 Å². The number of benzene rings is 1. The second-order valence-corrected chi connectivity index (χ2v) is 5.31. The van der Waals surface area contributed by atoms with E-state index >= 15 is 0 Å². The Morgan fingerprint density at radius 3 is 2.95 bits per heavy atom. The van der Waals surface area contributed by atoms with Crippen LogP contribution in [0.2, 0.25) is 0 Å². The summed E-state index contributed by atoms with van der Waals surface area (Å²) in [6.07, 6.45) is 0.938. The van der Waals surface area contributed by atoms with E-state index in [0.29, 0.717) is 5.69 Å². The standard InChI is InChI=1S/C14H15NO3S/c1-3-10-5-4-6-11(7-10)18-8-12-13(14(16)17)19-9(2)15-12/h4-7H,3,8H2,1-2H3,(H,16,17). The minimum Gasteiger partial charge on any atom is -0.487 e. The lowest BCUT2D eigenvalue weighted by molar-refractivity contribution is 0.0699. The van der Waals surface area contributed by atoms with Gasteiger partial charge in [-0.1, -0.05) is 19.1 Å². The van der Waals surface area contributed by atoms with Crippen LogP contribution < -0.4 is 4.74 Å². The minimum atomic E-state index is -0.952. The lowest BCUT2D eigenvalue weighted by atomic mass is 10.2. The van der Waals surface area contributed by atoms with Gasteiger partial charge in [-0.15, -0.1) is 11.3 Å². The minimum absolute atomic E-state index is 0.180. The van der Waals surface area contributed by atoms with E-state index in [4.69, 9.17) is 9.84 Å². The summed E-state index contributed by atoms with van der Waals surface area (Å²) in [5.41, 5.74) is 1.67. The van der Waals surface area contributed by atoms with Gasteiger partial charge < -0.3 is 9.84 Å². The van der Waals surface area contributed by atoms with E-state index in [0.717, 1.165) is 17.2 Å². The highest BCUT2D eigenvalue weighted by atomic mass is 32.1. The Balaban J connectivity index is 2.11. The molecule has 0 saturated heterocycles. The van der Waals surface area contributed by atoms with Crippen LogP contribution in [0.3, 0.4) is 0 Å². The van der Waals surface area contributed by atoms with Crippen molar-refractivity contribution in [2.45, 2.75) is 26.9 Å². The molecule has 2 rings (SSSR count). The lowest BCUT2D eigenvalue weighted by Gasteiger charge is -2.06. The molecule has 0 fully saturated rings. The molecule has 19 heavy (non-hydrogen) atoms. The van der Waals surface area contributed by atoms with E-state index in [9.17, 15) is 4.79 Å². The van der Waals surface area contributed by atoms with E-state index in [-0.39, 0.29) is 11.5 Å². The van der Waals surface area contributed by atoms with Gasteiger partial charge in [0.25, 0.3) is 0 Å². The Morgan fingerprint density at radius 1 is 1.47 bits per heavy atom. The predicted molar refractivity (Wildman–Crippen MR) is 74.0 cm³/mol. The van der Waals surface area contributed by atoms with E-state index in [1.54, 1.807) is 6.92 Å². The van der Waals surface area contributed by atoms with Gasteiger partial charge in [-0.3, -0.25) is 0 Å². The summed E-state index contributed by atoms with van der Waals surface area (Å²) in [4.78, 5) is 15.5. The zero-order chi connectivity index (χ0) is 13.8. The van der Waals surface area contributed by atoms with Crippen LogP contribution in [0, 0.1) is 6.92 Å². The number of ether oxygens (including phenoxy) is 1. The fraction of sp³-hybridized carbons (Fsp3) is 0.286. The van der Waals surface area contributed by atoms with Crippen LogP contribution >= 0.6 is 11.3 Å². The van der Waals surface area contributed by atoms with Crippen LogP contribution in [0.5, 0.6) is 5.75 Å². The number of carboxylic acids is 1. The topological polar surface area (TPSA) is 59.4 Å². The first kappa shape index (κ1) is 13.5. The van der Waals surface area contributed by atoms with Crippen molar-refractivity contribution in [3.05, 3.63) is 45.4 Å². The molecular weight excluding hydrogens is 262 g/mol. The van der Waals surface area contributed by atoms with Gasteiger partial charge in [-0.2, -0.15) is 0 Å². The van der Waals surface area contributed by atoms with E-state index < -0.39 is 5.97 Å². The molecule has 1 heterocycles. The molecule has 0 aliphatic carbocycles. The average molecular weight is 277 g/mol. The highest BCUT2D eigenvalue weighted by Gasteiger charge is 2.16. The molecule has 1 N–H and O–H groups in total. The highest BCUT2D eigenvalue weighted by molar-refractivity contribution is 7.13. The third-order valence-corrected chi connectivity index (χ3v) is 3.68. The molecule has 0 aliphatic heterocycles. The molecule has 0 unspecified atom stereocenters. The molecule has 100 valence electrons. The van der Waals surface area contributed by atoms with Gasteiger partial charge in [0.05, 0.1) is 5.01 Å². The first-order chi connectivity index (χ1) is 9.10. The largest absolute Gasteiger partial charge is 0.487 e. The zero-order valence-corrected chi connectivity index (χ0v) is 11.7. The fourth-order valence-electron chi connectivity index (χ4n) is 1.74. The van der Waals surface area contributed by atoms with Crippen molar-refractivity contribution < 1.29 is 14.6 Å². The predicted octanol–water partition coefficient (Wildman–Crippen LogP) is 3.29. The molecule has 0 saturated carbocycles. The van der Waals surface area contributed by atoms with Crippen molar-refractivity contribution in [1.82, 2.24) is 4.98 Å². The van der Waals surface area contributed by atoms with Gasteiger partial charge in [0.1, 0.15) is 22.9 Å². The number of rotatable bonds is 5. The highest BCUT2D eigenvalue weighted by Crippen LogP contribution is 2.21. The first-order valence-corrected chi connectivity index (χ1v) is 6.83. The number of thiazole rings is 1. The number of carboxylic acid groups (broad SMARTS) is 1. The van der Waals surface area contributed by atoms with Crippen molar-refractivity contribution in [2.75, 3.05) is 0 Å². The van der Waals surface area contributed by atoms with Gasteiger partial charge in [0.15, 0.2) is 0 Å². The third-order valence-electron chi connectivity index (χ3n) is 2.68. The van der Waals surface area contributed by atoms with Gasteiger partial charge in [-0.05, 0) is 31.0 Å². The summed E-state index contributed by atoms with van der Waals surface area (Å²) in [5, 5.41) is 9.81. The Bertz CT molecular complexity index is 592. The Kier molecular flexibility index (Phi) is 4.16. The third kappa shape index (κ3) is 3.32. The molecule has 0 amide bonds. The summed E-state index contributed by atoms with van der Waals surface area (Å²) >= 11 is 1.17. The number of aryl methyl sites for hydroxylation is 2. The maximum atomic E-state index is 11.1. The quantitative estimate of drug-likeness (QED) is 0.911. The maximum absolute atomic E-state index is 11.1. The molecule has 4 nitrogen and oxygen atoms in total. The molecule has 2 aromatic rings. The number of hydrogen-bond donors (Lipinski definition) is 1. The zero-order valence-electron chi connectivity index (χ0n) is 10.8. The molecular formula is C14H15NO3S. The monoisotopic (exact) mass is 277 g/mol. The van der Waals surface area contributed by atoms with E-state index in [1.807, 2.05) is 24.3 Å². The average Bonchev–Trinajstić information content (AvgIpc) is 2.78. The molecule has 0 bridgehead atoms. The van der Waals surface area contributed by atoms with E-state index in [1.165, 1.54) is 16.9 Å². The Labute approximate surface area is 115 Å². The van der Waals surface area contributed by atoms with E-state index in [2.05, 4.69) is 11.9 Å².